The van der Waals surface area contributed by atoms with Gasteiger partial charge in [-0.3, -0.25) is 14.4 Å². The van der Waals surface area contributed by atoms with E-state index < -0.39 is 0 Å². The van der Waals surface area contributed by atoms with E-state index in [1.165, 1.54) is 0 Å². The first-order valence-electron chi connectivity index (χ1n) is 12.0. The summed E-state index contributed by atoms with van der Waals surface area (Å²) in [6.45, 7) is 1.65. The number of hydrogen-bond acceptors (Lipinski definition) is 5. The molecule has 1 heterocycles. The highest BCUT2D eigenvalue weighted by atomic mass is 16.5. The Morgan fingerprint density at radius 2 is 1.50 bits per heavy atom. The van der Waals surface area contributed by atoms with Crippen LogP contribution in [0.25, 0.3) is 0 Å². The molecule has 8 nitrogen and oxygen atoms in total. The Bertz CT molecular complexity index is 1190. The highest BCUT2D eigenvalue weighted by Crippen LogP contribution is 2.14. The van der Waals surface area contributed by atoms with Crippen LogP contribution in [0.4, 0.5) is 11.4 Å². The number of benzene rings is 3. The van der Waals surface area contributed by atoms with Crippen molar-refractivity contribution in [2.75, 3.05) is 30.3 Å². The number of carbonyl (C=O) groups excluding carboxylic acids is 3. The monoisotopic (exact) mass is 486 g/mol. The Labute approximate surface area is 210 Å². The van der Waals surface area contributed by atoms with Crippen molar-refractivity contribution in [2.45, 2.75) is 25.5 Å². The van der Waals surface area contributed by atoms with Crippen molar-refractivity contribution in [1.82, 2.24) is 10.6 Å². The predicted octanol–water partition coefficient (Wildman–Crippen LogP) is 3.58. The van der Waals surface area contributed by atoms with Gasteiger partial charge in [0.15, 0.2) is 0 Å². The average Bonchev–Trinajstić information content (AvgIpc) is 3.44. The number of anilines is 2. The fourth-order valence-corrected chi connectivity index (χ4v) is 3.89. The van der Waals surface area contributed by atoms with Gasteiger partial charge in [-0.05, 0) is 54.8 Å². The van der Waals surface area contributed by atoms with Crippen molar-refractivity contribution in [2.24, 2.45) is 0 Å². The van der Waals surface area contributed by atoms with Gasteiger partial charge in [0, 0.05) is 42.2 Å². The third kappa shape index (κ3) is 7.41. The lowest BCUT2D eigenvalue weighted by molar-refractivity contribution is -0.114. The lowest BCUT2D eigenvalue weighted by Crippen LogP contribution is -2.31. The minimum absolute atomic E-state index is 0.00449. The average molecular weight is 487 g/mol. The number of rotatable bonds is 10. The molecule has 0 aromatic heterocycles. The molecular formula is C28H30N4O4. The molecule has 1 aliphatic rings. The van der Waals surface area contributed by atoms with E-state index in [2.05, 4.69) is 21.3 Å². The van der Waals surface area contributed by atoms with Crippen LogP contribution in [0.15, 0.2) is 78.9 Å². The van der Waals surface area contributed by atoms with Crippen LogP contribution < -0.4 is 21.3 Å². The summed E-state index contributed by atoms with van der Waals surface area (Å²) in [5, 5.41) is 11.6. The van der Waals surface area contributed by atoms with E-state index in [1.54, 1.807) is 48.5 Å². The smallest absolute Gasteiger partial charge is 0.251 e. The number of carbonyl (C=O) groups is 3. The SMILES string of the molecule is O=C(CNc1cccc(C(=O)NCc2ccccc2)c1)Nc1cccc(C(=O)NCC2CCCO2)c1. The second kappa shape index (κ2) is 12.5. The van der Waals surface area contributed by atoms with Gasteiger partial charge in [0.05, 0.1) is 12.6 Å². The molecule has 1 saturated heterocycles. The Morgan fingerprint density at radius 3 is 2.22 bits per heavy atom. The summed E-state index contributed by atoms with van der Waals surface area (Å²) >= 11 is 0. The highest BCUT2D eigenvalue weighted by molar-refractivity contribution is 5.98. The molecule has 3 aromatic carbocycles. The van der Waals surface area contributed by atoms with Gasteiger partial charge in [0.25, 0.3) is 11.8 Å². The van der Waals surface area contributed by atoms with Gasteiger partial charge >= 0.3 is 0 Å². The molecule has 3 aromatic rings. The number of nitrogens with one attached hydrogen (secondary N) is 4. The van der Waals surface area contributed by atoms with E-state index in [0.29, 0.717) is 35.6 Å². The fraction of sp³-hybridized carbons (Fsp3) is 0.250. The number of hydrogen-bond donors (Lipinski definition) is 4. The van der Waals surface area contributed by atoms with Crippen LogP contribution in [0.1, 0.15) is 39.1 Å². The molecule has 0 aliphatic carbocycles. The minimum atomic E-state index is -0.272. The molecule has 186 valence electrons. The molecule has 0 bridgehead atoms. The van der Waals surface area contributed by atoms with Gasteiger partial charge in [-0.15, -0.1) is 0 Å². The standard InChI is InChI=1S/C28H30N4O4/c33-26(32-24-12-5-10-22(16-24)28(35)31-18-25-13-6-14-36-25)19-29-23-11-4-9-21(15-23)27(34)30-17-20-7-2-1-3-8-20/h1-5,7-12,15-16,25,29H,6,13-14,17-19H2,(H,30,34)(H,31,35)(H,32,33). The van der Waals surface area contributed by atoms with Crippen LogP contribution in [0.2, 0.25) is 0 Å². The maximum absolute atomic E-state index is 12.5. The largest absolute Gasteiger partial charge is 0.376 e. The van der Waals surface area contributed by atoms with Crippen molar-refractivity contribution in [3.63, 3.8) is 0 Å². The molecule has 1 aliphatic heterocycles. The van der Waals surface area contributed by atoms with E-state index >= 15 is 0 Å². The first kappa shape index (κ1) is 24.9. The summed E-state index contributed by atoms with van der Waals surface area (Å²) in [5.41, 5.74) is 3.16. The molecule has 8 heteroatoms. The molecule has 0 radical (unpaired) electrons. The Morgan fingerprint density at radius 1 is 0.806 bits per heavy atom. The zero-order chi connectivity index (χ0) is 25.2. The molecule has 1 unspecified atom stereocenters. The second-order valence-corrected chi connectivity index (χ2v) is 8.58. The molecule has 4 rings (SSSR count). The van der Waals surface area contributed by atoms with Crippen LogP contribution in [-0.4, -0.2) is 43.5 Å². The fourth-order valence-electron chi connectivity index (χ4n) is 3.89. The van der Waals surface area contributed by atoms with E-state index in [4.69, 9.17) is 4.74 Å². The summed E-state index contributed by atoms with van der Waals surface area (Å²) < 4.78 is 5.53. The Balaban J connectivity index is 1.25. The topological polar surface area (TPSA) is 109 Å². The third-order valence-electron chi connectivity index (χ3n) is 5.80. The first-order valence-corrected chi connectivity index (χ1v) is 12.0. The first-order chi connectivity index (χ1) is 17.6. The number of ether oxygens (including phenoxy) is 1. The van der Waals surface area contributed by atoms with Gasteiger partial charge in [-0.2, -0.15) is 0 Å². The van der Waals surface area contributed by atoms with Gasteiger partial charge in [0.2, 0.25) is 5.91 Å². The van der Waals surface area contributed by atoms with Gasteiger partial charge < -0.3 is 26.0 Å². The maximum Gasteiger partial charge on any atom is 0.251 e. The molecule has 36 heavy (non-hydrogen) atoms. The van der Waals surface area contributed by atoms with Crippen LogP contribution in [0.5, 0.6) is 0 Å². The molecule has 0 saturated carbocycles. The van der Waals surface area contributed by atoms with Gasteiger partial charge in [-0.25, -0.2) is 0 Å². The summed E-state index contributed by atoms with van der Waals surface area (Å²) in [6, 6.07) is 23.4. The normalized spacial score (nSPS) is 14.6. The van der Waals surface area contributed by atoms with E-state index in [1.807, 2.05) is 30.3 Å². The minimum Gasteiger partial charge on any atom is -0.376 e. The lowest BCUT2D eigenvalue weighted by Gasteiger charge is -2.12. The Kier molecular flexibility index (Phi) is 8.67. The quantitative estimate of drug-likeness (QED) is 0.350. The van der Waals surface area contributed by atoms with Crippen molar-refractivity contribution < 1.29 is 19.1 Å². The summed E-state index contributed by atoms with van der Waals surface area (Å²) in [7, 11) is 0. The summed E-state index contributed by atoms with van der Waals surface area (Å²) in [5.74, 6) is -0.672. The third-order valence-corrected chi connectivity index (χ3v) is 5.80. The Hall–Kier alpha value is -4.17. The molecule has 4 N–H and O–H groups in total. The van der Waals surface area contributed by atoms with Crippen molar-refractivity contribution >= 4 is 29.1 Å². The molecule has 3 amide bonds. The van der Waals surface area contributed by atoms with Crippen LogP contribution >= 0.6 is 0 Å². The van der Waals surface area contributed by atoms with Crippen LogP contribution in [0, 0.1) is 0 Å². The van der Waals surface area contributed by atoms with Crippen LogP contribution in [0.3, 0.4) is 0 Å². The highest BCUT2D eigenvalue weighted by Gasteiger charge is 2.17. The molecule has 0 spiro atoms. The zero-order valence-corrected chi connectivity index (χ0v) is 20.0. The van der Waals surface area contributed by atoms with E-state index in [0.717, 1.165) is 25.0 Å². The zero-order valence-electron chi connectivity index (χ0n) is 20.0. The second-order valence-electron chi connectivity index (χ2n) is 8.58. The van der Waals surface area contributed by atoms with Crippen molar-refractivity contribution in [3.8, 4) is 0 Å². The van der Waals surface area contributed by atoms with E-state index in [9.17, 15) is 14.4 Å². The number of amides is 3. The molecule has 1 atom stereocenters. The lowest BCUT2D eigenvalue weighted by atomic mass is 10.1. The van der Waals surface area contributed by atoms with Crippen molar-refractivity contribution in [3.05, 3.63) is 95.6 Å². The maximum atomic E-state index is 12.5. The summed E-state index contributed by atoms with van der Waals surface area (Å²) in [6.07, 6.45) is 2.03. The predicted molar refractivity (Wildman–Crippen MR) is 139 cm³/mol. The van der Waals surface area contributed by atoms with Gasteiger partial charge in [0.1, 0.15) is 0 Å². The van der Waals surface area contributed by atoms with Crippen LogP contribution in [-0.2, 0) is 16.1 Å². The molecular weight excluding hydrogens is 456 g/mol. The molecule has 1 fully saturated rings. The van der Waals surface area contributed by atoms with Gasteiger partial charge in [-0.1, -0.05) is 42.5 Å². The summed E-state index contributed by atoms with van der Waals surface area (Å²) in [4.78, 5) is 37.4. The van der Waals surface area contributed by atoms with E-state index in [-0.39, 0.29) is 30.4 Å². The van der Waals surface area contributed by atoms with Crippen molar-refractivity contribution in [1.29, 1.82) is 0 Å².